The third kappa shape index (κ3) is 4.12. The van der Waals surface area contributed by atoms with E-state index in [1.54, 1.807) is 18.5 Å². The molecule has 0 bridgehead atoms. The Morgan fingerprint density at radius 3 is 2.74 bits per heavy atom. The molecule has 0 fully saturated rings. The van der Waals surface area contributed by atoms with E-state index in [1.165, 1.54) is 34.4 Å². The first-order valence-corrected chi connectivity index (χ1v) is 10.6. The van der Waals surface area contributed by atoms with Crippen LogP contribution in [0.25, 0.3) is 10.2 Å². The summed E-state index contributed by atoms with van der Waals surface area (Å²) in [4.78, 5) is 34.8. The van der Waals surface area contributed by atoms with Gasteiger partial charge in [-0.2, -0.15) is 0 Å². The number of benzene rings is 2. The molecule has 0 radical (unpaired) electrons. The van der Waals surface area contributed by atoms with E-state index in [4.69, 9.17) is 16.6 Å². The normalized spacial score (nSPS) is 10.9. The van der Waals surface area contributed by atoms with Crippen molar-refractivity contribution in [3.8, 4) is 0 Å². The molecule has 31 heavy (non-hydrogen) atoms. The van der Waals surface area contributed by atoms with Gasteiger partial charge in [0.15, 0.2) is 5.13 Å². The number of fused-ring (bicyclic) bond motifs is 1. The summed E-state index contributed by atoms with van der Waals surface area (Å²) in [6, 6.07) is 11.5. The van der Waals surface area contributed by atoms with Crippen molar-refractivity contribution >= 4 is 49.9 Å². The Kier molecular flexibility index (Phi) is 5.67. The van der Waals surface area contributed by atoms with Crippen molar-refractivity contribution in [2.75, 3.05) is 4.90 Å². The number of nitro benzene ring substituents is 1. The molecule has 1 amide bonds. The Morgan fingerprint density at radius 1 is 1.23 bits per heavy atom. The Hall–Kier alpha value is -3.36. The number of carbonyl (C=O) groups excluding carboxylic acids is 1. The van der Waals surface area contributed by atoms with Gasteiger partial charge in [0.25, 0.3) is 11.6 Å². The summed E-state index contributed by atoms with van der Waals surface area (Å²) in [5.41, 5.74) is 3.31. The highest BCUT2D eigenvalue weighted by molar-refractivity contribution is 7.22. The van der Waals surface area contributed by atoms with Gasteiger partial charge in [-0.25, -0.2) is 4.98 Å². The predicted molar refractivity (Wildman–Crippen MR) is 122 cm³/mol. The highest BCUT2D eigenvalue weighted by Gasteiger charge is 2.28. The lowest BCUT2D eigenvalue weighted by molar-refractivity contribution is -0.385. The Morgan fingerprint density at radius 2 is 2.03 bits per heavy atom. The molecule has 2 heterocycles. The van der Waals surface area contributed by atoms with Crippen LogP contribution in [0, 0.1) is 24.0 Å². The Balaban J connectivity index is 1.86. The average Bonchev–Trinajstić information content (AvgIpc) is 3.19. The van der Waals surface area contributed by atoms with Gasteiger partial charge in [0.05, 0.1) is 21.7 Å². The molecule has 0 aliphatic carbocycles. The van der Waals surface area contributed by atoms with Crippen LogP contribution < -0.4 is 4.90 Å². The molecule has 156 valence electrons. The maximum atomic E-state index is 13.6. The molecular weight excluding hydrogens is 436 g/mol. The van der Waals surface area contributed by atoms with E-state index in [1.807, 2.05) is 32.0 Å². The van der Waals surface area contributed by atoms with Crippen molar-refractivity contribution in [1.82, 2.24) is 9.97 Å². The molecular formula is C22H17ClN4O3S. The molecule has 9 heteroatoms. The van der Waals surface area contributed by atoms with E-state index in [0.29, 0.717) is 5.13 Å². The minimum Gasteiger partial charge on any atom is -0.279 e. The van der Waals surface area contributed by atoms with Crippen LogP contribution in [0.2, 0.25) is 5.02 Å². The second-order valence-corrected chi connectivity index (χ2v) is 8.47. The van der Waals surface area contributed by atoms with Gasteiger partial charge in [-0.05, 0) is 54.8 Å². The number of halogens is 1. The number of rotatable bonds is 5. The summed E-state index contributed by atoms with van der Waals surface area (Å²) in [7, 11) is 0. The summed E-state index contributed by atoms with van der Waals surface area (Å²) < 4.78 is 0.933. The minimum atomic E-state index is -0.586. The third-order valence-electron chi connectivity index (χ3n) is 5.00. The molecule has 0 N–H and O–H groups in total. The minimum absolute atomic E-state index is 0.0893. The number of carbonyl (C=O) groups is 1. The maximum Gasteiger partial charge on any atom is 0.282 e. The molecule has 0 saturated carbocycles. The zero-order valence-electron chi connectivity index (χ0n) is 16.7. The van der Waals surface area contributed by atoms with E-state index in [2.05, 4.69) is 4.98 Å². The number of aromatic nitrogens is 2. The molecule has 0 aliphatic heterocycles. The average molecular weight is 453 g/mol. The predicted octanol–water partition coefficient (Wildman–Crippen LogP) is 5.72. The van der Waals surface area contributed by atoms with Crippen LogP contribution in [-0.4, -0.2) is 20.8 Å². The Bertz CT molecular complexity index is 1310. The smallest absolute Gasteiger partial charge is 0.279 e. The van der Waals surface area contributed by atoms with Crippen LogP contribution in [0.4, 0.5) is 10.8 Å². The number of amides is 1. The summed E-state index contributed by atoms with van der Waals surface area (Å²) >= 11 is 7.42. The highest BCUT2D eigenvalue weighted by atomic mass is 35.5. The molecule has 0 aliphatic rings. The fraction of sp³-hybridized carbons (Fsp3) is 0.136. The number of thiazole rings is 1. The van der Waals surface area contributed by atoms with Crippen molar-refractivity contribution in [3.05, 3.63) is 92.2 Å². The summed E-state index contributed by atoms with van der Waals surface area (Å²) in [6.45, 7) is 4.14. The van der Waals surface area contributed by atoms with Crippen molar-refractivity contribution in [2.45, 2.75) is 20.4 Å². The van der Waals surface area contributed by atoms with Crippen LogP contribution in [0.15, 0.2) is 54.9 Å². The molecule has 0 atom stereocenters. The van der Waals surface area contributed by atoms with Crippen LogP contribution in [0.1, 0.15) is 27.0 Å². The monoisotopic (exact) mass is 452 g/mol. The van der Waals surface area contributed by atoms with E-state index in [-0.39, 0.29) is 22.8 Å². The molecule has 4 aromatic rings. The second-order valence-electron chi connectivity index (χ2n) is 7.02. The molecule has 0 spiro atoms. The van der Waals surface area contributed by atoms with E-state index >= 15 is 0 Å². The van der Waals surface area contributed by atoms with Gasteiger partial charge >= 0.3 is 0 Å². The summed E-state index contributed by atoms with van der Waals surface area (Å²) in [5.74, 6) is -0.550. The summed E-state index contributed by atoms with van der Waals surface area (Å²) in [6.07, 6.45) is 3.29. The van der Waals surface area contributed by atoms with Gasteiger partial charge in [0, 0.05) is 23.5 Å². The van der Waals surface area contributed by atoms with Gasteiger partial charge < -0.3 is 0 Å². The lowest BCUT2D eigenvalue weighted by atomic mass is 10.1. The van der Waals surface area contributed by atoms with Crippen molar-refractivity contribution < 1.29 is 9.72 Å². The lowest BCUT2D eigenvalue weighted by Crippen LogP contribution is -2.31. The first-order valence-electron chi connectivity index (χ1n) is 9.36. The number of pyridine rings is 1. The lowest BCUT2D eigenvalue weighted by Gasteiger charge is -2.20. The molecule has 0 unspecified atom stereocenters. The van der Waals surface area contributed by atoms with E-state index < -0.39 is 10.8 Å². The quantitative estimate of drug-likeness (QED) is 0.285. The number of nitrogens with zero attached hydrogens (tertiary/aromatic N) is 4. The molecule has 4 rings (SSSR count). The molecule has 2 aromatic heterocycles. The van der Waals surface area contributed by atoms with Crippen molar-refractivity contribution in [2.24, 2.45) is 0 Å². The molecule has 7 nitrogen and oxygen atoms in total. The topological polar surface area (TPSA) is 89.2 Å². The first-order chi connectivity index (χ1) is 14.8. The third-order valence-corrected chi connectivity index (χ3v) is 6.28. The van der Waals surface area contributed by atoms with Gasteiger partial charge in [-0.15, -0.1) is 0 Å². The zero-order chi connectivity index (χ0) is 22.1. The number of anilines is 1. The van der Waals surface area contributed by atoms with E-state index in [0.717, 1.165) is 26.9 Å². The van der Waals surface area contributed by atoms with Crippen LogP contribution >= 0.6 is 22.9 Å². The fourth-order valence-corrected chi connectivity index (χ4v) is 4.41. The van der Waals surface area contributed by atoms with Gasteiger partial charge in [0.1, 0.15) is 5.56 Å². The second kappa shape index (κ2) is 8.41. The number of hydrogen-bond acceptors (Lipinski definition) is 6. The number of aryl methyl sites for hydroxylation is 2. The standard InChI is InChI=1S/C22H17ClN4O3S/c1-13-5-8-19-20(14(13)2)25-22(31-19)26(12-15-4-3-9-24-11-15)21(28)17-10-16(23)6-7-18(17)27(29)30/h3-11H,12H2,1-2H3. The van der Waals surface area contributed by atoms with Crippen LogP contribution in [-0.2, 0) is 6.54 Å². The molecule has 0 saturated heterocycles. The molecule has 2 aromatic carbocycles. The largest absolute Gasteiger partial charge is 0.282 e. The Labute approximate surface area is 187 Å². The fourth-order valence-electron chi connectivity index (χ4n) is 3.21. The van der Waals surface area contributed by atoms with Gasteiger partial charge in [-0.1, -0.05) is 35.1 Å². The highest BCUT2D eigenvalue weighted by Crippen LogP contribution is 2.34. The maximum absolute atomic E-state index is 13.6. The van der Waals surface area contributed by atoms with Gasteiger partial charge in [-0.3, -0.25) is 24.8 Å². The van der Waals surface area contributed by atoms with Crippen LogP contribution in [0.5, 0.6) is 0 Å². The number of nitro groups is 1. The summed E-state index contributed by atoms with van der Waals surface area (Å²) in [5, 5.41) is 12.2. The first kappa shape index (κ1) is 20.9. The van der Waals surface area contributed by atoms with Crippen molar-refractivity contribution in [3.63, 3.8) is 0 Å². The number of hydrogen-bond donors (Lipinski definition) is 0. The van der Waals surface area contributed by atoms with Gasteiger partial charge in [0.2, 0.25) is 0 Å². The van der Waals surface area contributed by atoms with Crippen molar-refractivity contribution in [1.29, 1.82) is 0 Å². The van der Waals surface area contributed by atoms with Crippen LogP contribution in [0.3, 0.4) is 0 Å². The SMILES string of the molecule is Cc1ccc2sc(N(Cc3cccnc3)C(=O)c3cc(Cl)ccc3[N+](=O)[O-])nc2c1C. The van der Waals surface area contributed by atoms with E-state index in [9.17, 15) is 14.9 Å². The zero-order valence-corrected chi connectivity index (χ0v) is 18.3.